The highest BCUT2D eigenvalue weighted by molar-refractivity contribution is 7.63. The number of halogens is 3. The smallest absolute Gasteiger partial charge is 0.480 e. The fourth-order valence-corrected chi connectivity index (χ4v) is 5.76. The van der Waals surface area contributed by atoms with Crippen LogP contribution >= 0.6 is 18.8 Å². The van der Waals surface area contributed by atoms with E-state index in [2.05, 4.69) is 19.9 Å². The largest absolute Gasteiger partial charge is 0.573 e. The highest BCUT2D eigenvalue weighted by Gasteiger charge is 2.43. The molecular formula is C16H21F3N3O5PS. The van der Waals surface area contributed by atoms with E-state index >= 15 is 0 Å². The van der Waals surface area contributed by atoms with Crippen molar-refractivity contribution < 1.29 is 37.1 Å². The van der Waals surface area contributed by atoms with Gasteiger partial charge >= 0.3 is 12.3 Å². The van der Waals surface area contributed by atoms with Gasteiger partial charge in [-0.15, -0.1) is 13.2 Å². The summed E-state index contributed by atoms with van der Waals surface area (Å²) < 4.78 is 59.7. The summed E-state index contributed by atoms with van der Waals surface area (Å²) in [6, 6.07) is 3.62. The normalized spacial score (nSPS) is 16.4. The zero-order chi connectivity index (χ0) is 22.0. The van der Waals surface area contributed by atoms with Crippen molar-refractivity contribution in [2.75, 3.05) is 18.5 Å². The second-order valence-electron chi connectivity index (χ2n) is 6.74. The van der Waals surface area contributed by atoms with Gasteiger partial charge in [0.05, 0.1) is 10.2 Å². The summed E-state index contributed by atoms with van der Waals surface area (Å²) in [6.07, 6.45) is -5.16. The molecule has 29 heavy (non-hydrogen) atoms. The Hall–Kier alpha value is -1.88. The first kappa shape index (κ1) is 23.4. The lowest BCUT2D eigenvalue weighted by molar-refractivity contribution is -0.274. The molecule has 2 unspecified atom stereocenters. The van der Waals surface area contributed by atoms with Gasteiger partial charge in [0.15, 0.2) is 5.13 Å². The maximum Gasteiger partial charge on any atom is 0.573 e. The minimum absolute atomic E-state index is 0.133. The van der Waals surface area contributed by atoms with E-state index in [4.69, 9.17) is 4.74 Å². The van der Waals surface area contributed by atoms with E-state index < -0.39 is 37.0 Å². The van der Waals surface area contributed by atoms with Gasteiger partial charge in [0.25, 0.3) is 7.44 Å². The summed E-state index contributed by atoms with van der Waals surface area (Å²) in [5, 5.41) is 15.0. The SMILES string of the molecule is COCP(=O)(Nc1nc2ccc(OC(F)(F)F)cc2s1)NC(C)(C(=O)O)C(C)C. The van der Waals surface area contributed by atoms with Crippen LogP contribution in [0.25, 0.3) is 10.2 Å². The molecule has 8 nitrogen and oxygen atoms in total. The van der Waals surface area contributed by atoms with E-state index in [1.165, 1.54) is 20.1 Å². The highest BCUT2D eigenvalue weighted by atomic mass is 32.1. The number of nitrogens with one attached hydrogen (secondary N) is 2. The van der Waals surface area contributed by atoms with Crippen molar-refractivity contribution in [2.45, 2.75) is 32.7 Å². The number of nitrogens with zero attached hydrogens (tertiary/aromatic N) is 1. The van der Waals surface area contributed by atoms with Gasteiger partial charge in [0.2, 0.25) is 0 Å². The first-order valence-corrected chi connectivity index (χ1v) is 11.0. The van der Waals surface area contributed by atoms with Gasteiger partial charge < -0.3 is 14.6 Å². The Balaban J connectivity index is 2.33. The average molecular weight is 455 g/mol. The Morgan fingerprint density at radius 3 is 2.55 bits per heavy atom. The van der Waals surface area contributed by atoms with Gasteiger partial charge in [-0.2, -0.15) is 0 Å². The molecule has 2 atom stereocenters. The van der Waals surface area contributed by atoms with Gasteiger partial charge in [-0.25, -0.2) is 10.1 Å². The van der Waals surface area contributed by atoms with Gasteiger partial charge in [-0.05, 0) is 25.0 Å². The number of hydrogen-bond acceptors (Lipinski definition) is 6. The molecule has 0 aliphatic carbocycles. The molecule has 1 aromatic carbocycles. The maximum absolute atomic E-state index is 13.3. The zero-order valence-electron chi connectivity index (χ0n) is 16.0. The van der Waals surface area contributed by atoms with Crippen molar-refractivity contribution in [3.63, 3.8) is 0 Å². The molecule has 162 valence electrons. The van der Waals surface area contributed by atoms with Crippen LogP contribution in [0.3, 0.4) is 0 Å². The Morgan fingerprint density at radius 1 is 1.38 bits per heavy atom. The number of rotatable bonds is 9. The average Bonchev–Trinajstić information content (AvgIpc) is 2.93. The topological polar surface area (TPSA) is 110 Å². The number of aromatic nitrogens is 1. The Labute approximate surface area is 168 Å². The molecule has 0 saturated carbocycles. The van der Waals surface area contributed by atoms with Crippen LogP contribution in [0.2, 0.25) is 0 Å². The van der Waals surface area contributed by atoms with Gasteiger partial charge in [0, 0.05) is 13.2 Å². The van der Waals surface area contributed by atoms with Crippen molar-refractivity contribution in [3.8, 4) is 5.75 Å². The van der Waals surface area contributed by atoms with E-state index in [1.807, 2.05) is 0 Å². The summed E-state index contributed by atoms with van der Waals surface area (Å²) in [7, 11) is -2.33. The molecule has 0 spiro atoms. The third-order valence-electron chi connectivity index (χ3n) is 4.19. The van der Waals surface area contributed by atoms with Crippen molar-refractivity contribution in [1.82, 2.24) is 10.1 Å². The molecular weight excluding hydrogens is 434 g/mol. The van der Waals surface area contributed by atoms with Crippen LogP contribution in [0.15, 0.2) is 18.2 Å². The van der Waals surface area contributed by atoms with Crippen LogP contribution in [0.1, 0.15) is 20.8 Å². The molecule has 3 N–H and O–H groups in total. The lowest BCUT2D eigenvalue weighted by Crippen LogP contribution is -2.53. The summed E-state index contributed by atoms with van der Waals surface area (Å²) in [4.78, 5) is 15.9. The summed E-state index contributed by atoms with van der Waals surface area (Å²) in [6.45, 7) is 4.74. The van der Waals surface area contributed by atoms with E-state index in [-0.39, 0.29) is 11.5 Å². The molecule has 1 aromatic heterocycles. The monoisotopic (exact) mass is 455 g/mol. The molecule has 0 aliphatic heterocycles. The molecule has 0 radical (unpaired) electrons. The van der Waals surface area contributed by atoms with E-state index in [1.54, 1.807) is 13.8 Å². The van der Waals surface area contributed by atoms with Gasteiger partial charge in [-0.3, -0.25) is 14.4 Å². The standard InChI is InChI=1S/C16H21F3N3O5PS/c1-9(2)15(3,13(23)24)22-28(25,8-26-4)21-14-20-11-6-5-10(7-12(11)29-14)27-16(17,18)19/h5-7,9H,8H2,1-4H3,(H,23,24)(H2,20,21,22,25). The summed E-state index contributed by atoms with van der Waals surface area (Å²) >= 11 is 0.948. The van der Waals surface area contributed by atoms with E-state index in [0.717, 1.165) is 23.5 Å². The molecule has 2 rings (SSSR count). The minimum atomic E-state index is -4.82. The van der Waals surface area contributed by atoms with Crippen LogP contribution in [-0.2, 0) is 14.1 Å². The fraction of sp³-hybridized carbons (Fsp3) is 0.500. The second-order valence-corrected chi connectivity index (χ2v) is 9.96. The van der Waals surface area contributed by atoms with E-state index in [9.17, 15) is 27.6 Å². The lowest BCUT2D eigenvalue weighted by Gasteiger charge is -2.34. The number of carbonyl (C=O) groups is 1. The fourth-order valence-electron chi connectivity index (χ4n) is 2.38. The third-order valence-corrected chi connectivity index (χ3v) is 7.30. The molecule has 0 saturated heterocycles. The summed E-state index contributed by atoms with van der Waals surface area (Å²) in [5.41, 5.74) is -1.16. The number of alkyl halides is 3. The Morgan fingerprint density at radius 2 is 2.03 bits per heavy atom. The number of carboxylic acids is 1. The number of hydrogen-bond donors (Lipinski definition) is 3. The first-order valence-electron chi connectivity index (χ1n) is 8.33. The second kappa shape index (κ2) is 8.47. The zero-order valence-corrected chi connectivity index (χ0v) is 17.7. The Kier molecular flexibility index (Phi) is 6.83. The van der Waals surface area contributed by atoms with Crippen LogP contribution < -0.4 is 14.9 Å². The molecule has 13 heteroatoms. The van der Waals surface area contributed by atoms with Crippen molar-refractivity contribution in [3.05, 3.63) is 18.2 Å². The third kappa shape index (κ3) is 5.81. The minimum Gasteiger partial charge on any atom is -0.480 e. The number of benzene rings is 1. The van der Waals surface area contributed by atoms with Crippen LogP contribution in [0.5, 0.6) is 5.75 Å². The van der Waals surface area contributed by atoms with Crippen molar-refractivity contribution >= 4 is 40.1 Å². The van der Waals surface area contributed by atoms with Gasteiger partial charge in [-0.1, -0.05) is 25.2 Å². The van der Waals surface area contributed by atoms with Crippen LogP contribution in [-0.4, -0.2) is 41.4 Å². The highest BCUT2D eigenvalue weighted by Crippen LogP contribution is 2.46. The summed E-state index contributed by atoms with van der Waals surface area (Å²) in [5.74, 6) is -2.01. The number of carboxylic acid groups (broad SMARTS) is 1. The number of anilines is 1. The molecule has 0 fully saturated rings. The molecule has 0 aliphatic rings. The molecule has 0 bridgehead atoms. The van der Waals surface area contributed by atoms with Crippen molar-refractivity contribution in [2.24, 2.45) is 5.92 Å². The lowest BCUT2D eigenvalue weighted by atomic mass is 9.90. The van der Waals surface area contributed by atoms with Gasteiger partial charge in [0.1, 0.15) is 17.6 Å². The number of thiazole rings is 1. The first-order chi connectivity index (χ1) is 13.3. The predicted octanol–water partition coefficient (Wildman–Crippen LogP) is 4.49. The number of ether oxygens (including phenoxy) is 2. The quantitative estimate of drug-likeness (QED) is 0.475. The van der Waals surface area contributed by atoms with E-state index in [0.29, 0.717) is 10.2 Å². The predicted molar refractivity (Wildman–Crippen MR) is 103 cm³/mol. The number of aliphatic carboxylic acids is 1. The van der Waals surface area contributed by atoms with Crippen LogP contribution in [0, 0.1) is 5.92 Å². The molecule has 0 amide bonds. The van der Waals surface area contributed by atoms with Crippen molar-refractivity contribution in [1.29, 1.82) is 0 Å². The molecule has 2 aromatic rings. The number of fused-ring (bicyclic) bond motifs is 1. The van der Waals surface area contributed by atoms with Crippen LogP contribution in [0.4, 0.5) is 18.3 Å². The Bertz CT molecular complexity index is 936. The maximum atomic E-state index is 13.3. The molecule has 1 heterocycles. The number of methoxy groups -OCH3 is 1.